The molecule has 1 atom stereocenters. The van der Waals surface area contributed by atoms with Crippen molar-refractivity contribution in [2.24, 2.45) is 0 Å². The summed E-state index contributed by atoms with van der Waals surface area (Å²) in [6.45, 7) is 5.38. The SMILES string of the molecule is Cc1cccc(CN(C)CC2CCNc3ccccc32)c1. The minimum Gasteiger partial charge on any atom is -0.385 e. The summed E-state index contributed by atoms with van der Waals surface area (Å²) in [7, 11) is 2.23. The van der Waals surface area contributed by atoms with E-state index in [2.05, 4.69) is 72.7 Å². The van der Waals surface area contributed by atoms with Gasteiger partial charge in [-0.15, -0.1) is 0 Å². The van der Waals surface area contributed by atoms with Crippen molar-refractivity contribution in [1.29, 1.82) is 0 Å². The molecule has 3 rings (SSSR count). The number of benzene rings is 2. The van der Waals surface area contributed by atoms with Gasteiger partial charge in [-0.3, -0.25) is 0 Å². The molecule has 2 heteroatoms. The van der Waals surface area contributed by atoms with Crippen molar-refractivity contribution in [2.75, 3.05) is 25.5 Å². The molecule has 1 N–H and O–H groups in total. The van der Waals surface area contributed by atoms with E-state index >= 15 is 0 Å². The van der Waals surface area contributed by atoms with Gasteiger partial charge in [0, 0.05) is 31.2 Å². The van der Waals surface area contributed by atoms with Crippen LogP contribution in [0.4, 0.5) is 5.69 Å². The second-order valence-electron chi connectivity index (χ2n) is 6.19. The monoisotopic (exact) mass is 280 g/mol. The highest BCUT2D eigenvalue weighted by Crippen LogP contribution is 2.31. The molecule has 1 heterocycles. The van der Waals surface area contributed by atoms with Crippen molar-refractivity contribution < 1.29 is 0 Å². The van der Waals surface area contributed by atoms with E-state index in [9.17, 15) is 0 Å². The number of nitrogens with one attached hydrogen (secondary N) is 1. The van der Waals surface area contributed by atoms with Crippen LogP contribution in [0.25, 0.3) is 0 Å². The predicted molar refractivity (Wildman–Crippen MR) is 89.8 cm³/mol. The predicted octanol–water partition coefficient (Wildman–Crippen LogP) is 4.03. The van der Waals surface area contributed by atoms with E-state index in [4.69, 9.17) is 0 Å². The molecule has 0 spiro atoms. The fourth-order valence-corrected chi connectivity index (χ4v) is 3.30. The van der Waals surface area contributed by atoms with Crippen LogP contribution in [-0.4, -0.2) is 25.0 Å². The third-order valence-corrected chi connectivity index (χ3v) is 4.28. The standard InChI is InChI=1S/C19H24N2/c1-15-6-5-7-16(12-15)13-21(2)14-17-10-11-20-19-9-4-3-8-18(17)19/h3-9,12,17,20H,10-11,13-14H2,1-2H3. The van der Waals surface area contributed by atoms with Crippen LogP contribution in [-0.2, 0) is 6.54 Å². The van der Waals surface area contributed by atoms with Gasteiger partial charge in [0.1, 0.15) is 0 Å². The third kappa shape index (κ3) is 3.45. The van der Waals surface area contributed by atoms with Gasteiger partial charge in [0.15, 0.2) is 0 Å². The minimum absolute atomic E-state index is 0.636. The summed E-state index contributed by atoms with van der Waals surface area (Å²) >= 11 is 0. The summed E-state index contributed by atoms with van der Waals surface area (Å²) in [5, 5.41) is 3.50. The van der Waals surface area contributed by atoms with Crippen LogP contribution in [0.1, 0.15) is 29.0 Å². The maximum absolute atomic E-state index is 3.50. The van der Waals surface area contributed by atoms with E-state index in [0.717, 1.165) is 19.6 Å². The van der Waals surface area contributed by atoms with Gasteiger partial charge in [-0.2, -0.15) is 0 Å². The molecule has 110 valence electrons. The molecule has 2 aromatic rings. The van der Waals surface area contributed by atoms with Crippen LogP contribution in [0.15, 0.2) is 48.5 Å². The molecule has 2 aromatic carbocycles. The van der Waals surface area contributed by atoms with Gasteiger partial charge in [-0.25, -0.2) is 0 Å². The third-order valence-electron chi connectivity index (χ3n) is 4.28. The highest BCUT2D eigenvalue weighted by atomic mass is 15.1. The molecule has 1 aliphatic heterocycles. The number of anilines is 1. The topological polar surface area (TPSA) is 15.3 Å². The van der Waals surface area contributed by atoms with Crippen LogP contribution >= 0.6 is 0 Å². The van der Waals surface area contributed by atoms with Gasteiger partial charge in [0.2, 0.25) is 0 Å². The molecule has 2 nitrogen and oxygen atoms in total. The second kappa shape index (κ2) is 6.31. The maximum Gasteiger partial charge on any atom is 0.0376 e. The summed E-state index contributed by atoms with van der Waals surface area (Å²) in [6.07, 6.45) is 1.22. The first-order valence-electron chi connectivity index (χ1n) is 7.79. The molecule has 0 radical (unpaired) electrons. The molecule has 0 amide bonds. The number of aryl methyl sites for hydroxylation is 1. The molecular weight excluding hydrogens is 256 g/mol. The van der Waals surface area contributed by atoms with E-state index in [0.29, 0.717) is 5.92 Å². The fraction of sp³-hybridized carbons (Fsp3) is 0.368. The minimum atomic E-state index is 0.636. The quantitative estimate of drug-likeness (QED) is 0.909. The van der Waals surface area contributed by atoms with Crippen molar-refractivity contribution in [3.63, 3.8) is 0 Å². The van der Waals surface area contributed by atoms with Crippen LogP contribution in [0.2, 0.25) is 0 Å². The van der Waals surface area contributed by atoms with Crippen LogP contribution in [0.3, 0.4) is 0 Å². The van der Waals surface area contributed by atoms with E-state index < -0.39 is 0 Å². The number of nitrogens with zero attached hydrogens (tertiary/aromatic N) is 1. The lowest BCUT2D eigenvalue weighted by Crippen LogP contribution is -2.28. The van der Waals surface area contributed by atoms with Crippen LogP contribution in [0.5, 0.6) is 0 Å². The second-order valence-corrected chi connectivity index (χ2v) is 6.19. The molecular formula is C19H24N2. The molecule has 0 saturated carbocycles. The van der Waals surface area contributed by atoms with E-state index in [1.165, 1.54) is 28.8 Å². The average molecular weight is 280 g/mol. The first kappa shape index (κ1) is 14.2. The van der Waals surface area contributed by atoms with Gasteiger partial charge in [-0.05, 0) is 37.6 Å². The van der Waals surface area contributed by atoms with Crippen LogP contribution in [0, 0.1) is 6.92 Å². The van der Waals surface area contributed by atoms with Crippen molar-refractivity contribution in [3.8, 4) is 0 Å². The zero-order valence-electron chi connectivity index (χ0n) is 13.0. The van der Waals surface area contributed by atoms with E-state index in [1.54, 1.807) is 0 Å². The molecule has 1 unspecified atom stereocenters. The molecule has 0 bridgehead atoms. The smallest absolute Gasteiger partial charge is 0.0376 e. The Morgan fingerprint density at radius 2 is 2.00 bits per heavy atom. The molecule has 21 heavy (non-hydrogen) atoms. The fourth-order valence-electron chi connectivity index (χ4n) is 3.30. The first-order chi connectivity index (χ1) is 10.2. The Bertz CT molecular complexity index is 606. The highest BCUT2D eigenvalue weighted by molar-refractivity contribution is 5.54. The van der Waals surface area contributed by atoms with Gasteiger partial charge >= 0.3 is 0 Å². The average Bonchev–Trinajstić information content (AvgIpc) is 2.47. The van der Waals surface area contributed by atoms with Crippen LogP contribution < -0.4 is 5.32 Å². The number of para-hydroxylation sites is 1. The molecule has 0 aliphatic carbocycles. The number of likely N-dealkylation sites (N-methyl/N-ethyl adjacent to an activating group) is 1. The Balaban J connectivity index is 1.67. The van der Waals surface area contributed by atoms with E-state index in [1.807, 2.05) is 0 Å². The number of hydrogen-bond acceptors (Lipinski definition) is 2. The van der Waals surface area contributed by atoms with Gasteiger partial charge < -0.3 is 10.2 Å². The van der Waals surface area contributed by atoms with Crippen molar-refractivity contribution in [2.45, 2.75) is 25.8 Å². The zero-order chi connectivity index (χ0) is 14.7. The summed E-state index contributed by atoms with van der Waals surface area (Å²) in [5.41, 5.74) is 5.53. The summed E-state index contributed by atoms with van der Waals surface area (Å²) in [6, 6.07) is 17.6. The summed E-state index contributed by atoms with van der Waals surface area (Å²) in [5.74, 6) is 0.636. The zero-order valence-corrected chi connectivity index (χ0v) is 13.0. The Morgan fingerprint density at radius 1 is 1.14 bits per heavy atom. The van der Waals surface area contributed by atoms with Gasteiger partial charge in [-0.1, -0.05) is 48.0 Å². The number of hydrogen-bond donors (Lipinski definition) is 1. The molecule has 0 saturated heterocycles. The lowest BCUT2D eigenvalue weighted by atomic mass is 9.90. The van der Waals surface area contributed by atoms with Crippen molar-refractivity contribution in [3.05, 3.63) is 65.2 Å². The molecule has 0 aromatic heterocycles. The maximum atomic E-state index is 3.50. The van der Waals surface area contributed by atoms with Crippen molar-refractivity contribution in [1.82, 2.24) is 4.90 Å². The van der Waals surface area contributed by atoms with E-state index in [-0.39, 0.29) is 0 Å². The summed E-state index contributed by atoms with van der Waals surface area (Å²) < 4.78 is 0. The first-order valence-corrected chi connectivity index (χ1v) is 7.79. The number of fused-ring (bicyclic) bond motifs is 1. The Hall–Kier alpha value is -1.80. The Labute approximate surface area is 127 Å². The lowest BCUT2D eigenvalue weighted by Gasteiger charge is -2.30. The Morgan fingerprint density at radius 3 is 2.86 bits per heavy atom. The molecule has 1 aliphatic rings. The number of rotatable bonds is 4. The van der Waals surface area contributed by atoms with Gasteiger partial charge in [0.25, 0.3) is 0 Å². The normalized spacial score (nSPS) is 17.4. The summed E-state index contributed by atoms with van der Waals surface area (Å²) in [4.78, 5) is 2.45. The van der Waals surface area contributed by atoms with Crippen molar-refractivity contribution >= 4 is 5.69 Å². The molecule has 0 fully saturated rings. The van der Waals surface area contributed by atoms with Gasteiger partial charge in [0.05, 0.1) is 0 Å². The largest absolute Gasteiger partial charge is 0.385 e. The lowest BCUT2D eigenvalue weighted by molar-refractivity contribution is 0.297. The highest BCUT2D eigenvalue weighted by Gasteiger charge is 2.20. The Kier molecular flexibility index (Phi) is 4.26.